The average Bonchev–Trinajstić information content (AvgIpc) is 2.51. The van der Waals surface area contributed by atoms with Gasteiger partial charge in [0.15, 0.2) is 5.11 Å². The predicted molar refractivity (Wildman–Crippen MR) is 96.2 cm³/mol. The first kappa shape index (κ1) is 16.6. The van der Waals surface area contributed by atoms with Gasteiger partial charge in [-0.1, -0.05) is 19.1 Å². The Balaban J connectivity index is 1.98. The van der Waals surface area contributed by atoms with Crippen LogP contribution in [-0.2, 0) is 6.42 Å². The Hall–Kier alpha value is -1.79. The Bertz CT molecular complexity index is 701. The van der Waals surface area contributed by atoms with Gasteiger partial charge in [-0.25, -0.2) is 4.98 Å². The zero-order valence-corrected chi connectivity index (χ0v) is 14.7. The smallest absolute Gasteiger partial charge is 0.257 e. The van der Waals surface area contributed by atoms with E-state index < -0.39 is 0 Å². The van der Waals surface area contributed by atoms with Crippen molar-refractivity contribution in [2.45, 2.75) is 20.3 Å². The number of rotatable bonds is 3. The Morgan fingerprint density at radius 2 is 1.91 bits per heavy atom. The molecule has 0 aliphatic heterocycles. The van der Waals surface area contributed by atoms with Crippen molar-refractivity contribution in [3.05, 3.63) is 57.7 Å². The maximum Gasteiger partial charge on any atom is 0.257 e. The molecule has 2 rings (SSSR count). The fourth-order valence-electron chi connectivity index (χ4n) is 1.83. The Morgan fingerprint density at radius 3 is 2.50 bits per heavy atom. The standard InChI is InChI=1S/C16H16BrN3OS/c1-3-11-4-6-12(7-5-11)15(21)20-16(22)19-14-9-8-13(17)10(2)18-14/h4-9H,3H2,1-2H3,(H2,18,19,20,21,22). The number of hydrogen-bond acceptors (Lipinski definition) is 3. The van der Waals surface area contributed by atoms with Crippen molar-refractivity contribution in [2.75, 3.05) is 5.32 Å². The van der Waals surface area contributed by atoms with Gasteiger partial charge in [0.1, 0.15) is 5.82 Å². The molecule has 0 fully saturated rings. The van der Waals surface area contributed by atoms with Gasteiger partial charge < -0.3 is 5.32 Å². The highest BCUT2D eigenvalue weighted by atomic mass is 79.9. The number of aryl methyl sites for hydroxylation is 2. The molecule has 0 saturated carbocycles. The molecule has 0 aliphatic carbocycles. The van der Waals surface area contributed by atoms with Crippen molar-refractivity contribution >= 4 is 45.0 Å². The quantitative estimate of drug-likeness (QED) is 0.797. The molecule has 2 N–H and O–H groups in total. The minimum Gasteiger partial charge on any atom is -0.317 e. The van der Waals surface area contributed by atoms with E-state index in [0.29, 0.717) is 11.4 Å². The number of pyridine rings is 1. The van der Waals surface area contributed by atoms with E-state index in [1.54, 1.807) is 18.2 Å². The van der Waals surface area contributed by atoms with E-state index in [4.69, 9.17) is 12.2 Å². The van der Waals surface area contributed by atoms with Gasteiger partial charge in [-0.2, -0.15) is 0 Å². The van der Waals surface area contributed by atoms with Crippen LogP contribution < -0.4 is 10.6 Å². The summed E-state index contributed by atoms with van der Waals surface area (Å²) < 4.78 is 0.920. The maximum absolute atomic E-state index is 12.1. The van der Waals surface area contributed by atoms with Gasteiger partial charge >= 0.3 is 0 Å². The van der Waals surface area contributed by atoms with Crippen LogP contribution in [0.15, 0.2) is 40.9 Å². The molecule has 0 spiro atoms. The van der Waals surface area contributed by atoms with Crippen LogP contribution in [0.3, 0.4) is 0 Å². The molecule has 1 aromatic heterocycles. The van der Waals surface area contributed by atoms with E-state index in [1.165, 1.54) is 5.56 Å². The summed E-state index contributed by atoms with van der Waals surface area (Å²) in [5.41, 5.74) is 2.60. The topological polar surface area (TPSA) is 54.0 Å². The Kier molecular flexibility index (Phi) is 5.63. The van der Waals surface area contributed by atoms with Crippen molar-refractivity contribution in [3.63, 3.8) is 0 Å². The second-order valence-electron chi connectivity index (χ2n) is 4.72. The van der Waals surface area contributed by atoms with Crippen molar-refractivity contribution in [3.8, 4) is 0 Å². The molecule has 0 bridgehead atoms. The number of anilines is 1. The summed E-state index contributed by atoms with van der Waals surface area (Å²) in [6.07, 6.45) is 0.941. The second kappa shape index (κ2) is 7.47. The molecular weight excluding hydrogens is 362 g/mol. The van der Waals surface area contributed by atoms with Gasteiger partial charge in [-0.15, -0.1) is 0 Å². The van der Waals surface area contributed by atoms with Gasteiger partial charge in [0.05, 0.1) is 5.69 Å². The predicted octanol–water partition coefficient (Wildman–Crippen LogP) is 3.84. The van der Waals surface area contributed by atoms with Crippen LogP contribution in [0.1, 0.15) is 28.5 Å². The molecule has 2 aromatic rings. The number of carbonyl (C=O) groups is 1. The van der Waals surface area contributed by atoms with E-state index in [-0.39, 0.29) is 11.0 Å². The zero-order valence-electron chi connectivity index (χ0n) is 12.3. The summed E-state index contributed by atoms with van der Waals surface area (Å²) >= 11 is 8.53. The summed E-state index contributed by atoms with van der Waals surface area (Å²) in [7, 11) is 0. The van der Waals surface area contributed by atoms with Crippen LogP contribution in [0.25, 0.3) is 0 Å². The van der Waals surface area contributed by atoms with Crippen LogP contribution in [0, 0.1) is 6.92 Å². The van der Waals surface area contributed by atoms with Crippen molar-refractivity contribution in [1.82, 2.24) is 10.3 Å². The first-order valence-corrected chi connectivity index (χ1v) is 8.04. The molecule has 0 atom stereocenters. The SMILES string of the molecule is CCc1ccc(C(=O)NC(=S)Nc2ccc(Br)c(C)n2)cc1. The number of nitrogens with zero attached hydrogens (tertiary/aromatic N) is 1. The number of nitrogens with one attached hydrogen (secondary N) is 2. The highest BCUT2D eigenvalue weighted by molar-refractivity contribution is 9.10. The Morgan fingerprint density at radius 1 is 1.23 bits per heavy atom. The lowest BCUT2D eigenvalue weighted by atomic mass is 10.1. The van der Waals surface area contributed by atoms with Crippen molar-refractivity contribution < 1.29 is 4.79 Å². The third-order valence-corrected chi connectivity index (χ3v) is 4.16. The van der Waals surface area contributed by atoms with E-state index in [9.17, 15) is 4.79 Å². The number of halogens is 1. The van der Waals surface area contributed by atoms with Gasteiger partial charge in [0.25, 0.3) is 5.91 Å². The van der Waals surface area contributed by atoms with E-state index in [0.717, 1.165) is 16.6 Å². The highest BCUT2D eigenvalue weighted by Gasteiger charge is 2.08. The molecule has 114 valence electrons. The number of thiocarbonyl (C=S) groups is 1. The number of hydrogen-bond donors (Lipinski definition) is 2. The molecule has 0 saturated heterocycles. The molecule has 1 heterocycles. The lowest BCUT2D eigenvalue weighted by Gasteiger charge is -2.10. The lowest BCUT2D eigenvalue weighted by molar-refractivity contribution is 0.0977. The fraction of sp³-hybridized carbons (Fsp3) is 0.188. The minimum absolute atomic E-state index is 0.221. The van der Waals surface area contributed by atoms with Crippen LogP contribution in [0.5, 0.6) is 0 Å². The van der Waals surface area contributed by atoms with Gasteiger partial charge in [-0.05, 0) is 71.3 Å². The molecule has 6 heteroatoms. The van der Waals surface area contributed by atoms with Crippen molar-refractivity contribution in [1.29, 1.82) is 0 Å². The van der Waals surface area contributed by atoms with Gasteiger partial charge in [0, 0.05) is 10.0 Å². The maximum atomic E-state index is 12.1. The van der Waals surface area contributed by atoms with E-state index >= 15 is 0 Å². The minimum atomic E-state index is -0.242. The first-order valence-electron chi connectivity index (χ1n) is 6.84. The number of benzene rings is 1. The summed E-state index contributed by atoms with van der Waals surface area (Å²) in [5.74, 6) is 0.348. The highest BCUT2D eigenvalue weighted by Crippen LogP contribution is 2.16. The molecule has 4 nitrogen and oxygen atoms in total. The molecule has 1 amide bonds. The summed E-state index contributed by atoms with van der Waals surface area (Å²) in [4.78, 5) is 16.4. The first-order chi connectivity index (χ1) is 10.5. The largest absolute Gasteiger partial charge is 0.317 e. The number of carbonyl (C=O) groups excluding carboxylic acids is 1. The van der Waals surface area contributed by atoms with Gasteiger partial charge in [0.2, 0.25) is 0 Å². The lowest BCUT2D eigenvalue weighted by Crippen LogP contribution is -2.34. The van der Waals surface area contributed by atoms with Crippen LogP contribution in [0.4, 0.5) is 5.82 Å². The van der Waals surface area contributed by atoms with Gasteiger partial charge in [-0.3, -0.25) is 10.1 Å². The van der Waals surface area contributed by atoms with Crippen LogP contribution >= 0.6 is 28.1 Å². The summed E-state index contributed by atoms with van der Waals surface area (Å²) in [6.45, 7) is 3.95. The molecule has 1 aromatic carbocycles. The van der Waals surface area contributed by atoms with Crippen LogP contribution in [-0.4, -0.2) is 16.0 Å². The number of aromatic nitrogens is 1. The normalized spacial score (nSPS) is 10.1. The summed E-state index contributed by atoms with van der Waals surface area (Å²) in [6, 6.07) is 11.1. The van der Waals surface area contributed by atoms with E-state index in [2.05, 4.69) is 38.5 Å². The molecule has 22 heavy (non-hydrogen) atoms. The molecule has 0 radical (unpaired) electrons. The second-order valence-corrected chi connectivity index (χ2v) is 5.99. The van der Waals surface area contributed by atoms with Crippen molar-refractivity contribution in [2.24, 2.45) is 0 Å². The third-order valence-electron chi connectivity index (χ3n) is 3.11. The monoisotopic (exact) mass is 377 g/mol. The molecule has 0 unspecified atom stereocenters. The van der Waals surface area contributed by atoms with Crippen LogP contribution in [0.2, 0.25) is 0 Å². The van der Waals surface area contributed by atoms with E-state index in [1.807, 2.05) is 25.1 Å². The molecule has 0 aliphatic rings. The fourth-order valence-corrected chi connectivity index (χ4v) is 2.25. The average molecular weight is 378 g/mol. The third kappa shape index (κ3) is 4.35. The zero-order chi connectivity index (χ0) is 16.1. The Labute approximate surface area is 143 Å². The molecular formula is C16H16BrN3OS. The number of amides is 1. The summed E-state index contributed by atoms with van der Waals surface area (Å²) in [5, 5.41) is 5.77.